The lowest BCUT2D eigenvalue weighted by molar-refractivity contribution is -0.141. The highest BCUT2D eigenvalue weighted by Gasteiger charge is 2.25. The van der Waals surface area contributed by atoms with Crippen LogP contribution in [0.3, 0.4) is 0 Å². The Labute approximate surface area is 171 Å². The zero-order chi connectivity index (χ0) is 20.6. The van der Waals surface area contributed by atoms with Crippen LogP contribution in [0.4, 0.5) is 16.2 Å². The number of anilines is 2. The second kappa shape index (κ2) is 10.1. The second-order valence-electron chi connectivity index (χ2n) is 7.39. The Morgan fingerprint density at radius 3 is 2.38 bits per heavy atom. The summed E-state index contributed by atoms with van der Waals surface area (Å²) >= 11 is 0. The number of esters is 1. The summed E-state index contributed by atoms with van der Waals surface area (Å²) < 4.78 is 4.80. The van der Waals surface area contributed by atoms with Gasteiger partial charge in [-0.25, -0.2) is 4.79 Å². The maximum absolute atomic E-state index is 13.2. The van der Waals surface area contributed by atoms with E-state index in [0.717, 1.165) is 64.0 Å². The first-order valence-corrected chi connectivity index (χ1v) is 10.5. The molecule has 1 aromatic rings. The molecule has 2 fully saturated rings. The van der Waals surface area contributed by atoms with E-state index < -0.39 is 12.0 Å². The summed E-state index contributed by atoms with van der Waals surface area (Å²) in [6.45, 7) is 5.19. The molecule has 158 valence electrons. The number of carbonyl (C=O) groups is 3. The number of nitrogens with one attached hydrogen (secondary N) is 2. The molecular weight excluding hydrogens is 372 g/mol. The molecule has 3 amide bonds. The molecule has 2 saturated heterocycles. The van der Waals surface area contributed by atoms with Crippen molar-refractivity contribution in [2.75, 3.05) is 49.5 Å². The van der Waals surface area contributed by atoms with Crippen molar-refractivity contribution >= 4 is 29.3 Å². The van der Waals surface area contributed by atoms with Crippen LogP contribution in [0.1, 0.15) is 49.4 Å². The van der Waals surface area contributed by atoms with Gasteiger partial charge in [0.15, 0.2) is 0 Å². The number of benzene rings is 1. The number of nitrogens with zero attached hydrogens (tertiary/aromatic N) is 2. The lowest BCUT2D eigenvalue weighted by Gasteiger charge is -2.29. The number of carbonyl (C=O) groups excluding carboxylic acids is 3. The number of piperidine rings is 1. The highest BCUT2D eigenvalue weighted by Crippen LogP contribution is 2.29. The van der Waals surface area contributed by atoms with Gasteiger partial charge in [0, 0.05) is 37.6 Å². The van der Waals surface area contributed by atoms with Gasteiger partial charge in [0.25, 0.3) is 5.91 Å². The Morgan fingerprint density at radius 2 is 1.69 bits per heavy atom. The van der Waals surface area contributed by atoms with Crippen molar-refractivity contribution in [2.24, 2.45) is 0 Å². The number of hydrogen-bond donors (Lipinski definition) is 2. The number of amides is 3. The van der Waals surface area contributed by atoms with Crippen molar-refractivity contribution in [1.82, 2.24) is 10.2 Å². The minimum atomic E-state index is -0.511. The normalized spacial score (nSPS) is 16.4. The summed E-state index contributed by atoms with van der Waals surface area (Å²) in [6, 6.07) is 4.94. The van der Waals surface area contributed by atoms with Crippen LogP contribution in [0.25, 0.3) is 0 Å². The van der Waals surface area contributed by atoms with Crippen molar-refractivity contribution in [3.8, 4) is 0 Å². The van der Waals surface area contributed by atoms with E-state index in [1.807, 2.05) is 11.0 Å². The van der Waals surface area contributed by atoms with Crippen molar-refractivity contribution in [2.45, 2.75) is 39.0 Å². The smallest absolute Gasteiger partial charge is 0.325 e. The maximum Gasteiger partial charge on any atom is 0.325 e. The van der Waals surface area contributed by atoms with E-state index in [1.165, 1.54) is 0 Å². The number of rotatable bonds is 6. The minimum Gasteiger partial charge on any atom is -0.465 e. The predicted octanol–water partition coefficient (Wildman–Crippen LogP) is 2.60. The van der Waals surface area contributed by atoms with Gasteiger partial charge in [-0.3, -0.25) is 9.59 Å². The van der Waals surface area contributed by atoms with E-state index in [4.69, 9.17) is 4.74 Å². The molecule has 0 spiro atoms. The lowest BCUT2D eigenvalue weighted by atomic mass is 10.1. The quantitative estimate of drug-likeness (QED) is 0.714. The molecule has 0 saturated carbocycles. The molecule has 2 aliphatic heterocycles. The number of ether oxygens (including phenoxy) is 1. The molecular formula is C21H30N4O4. The molecule has 0 bridgehead atoms. The monoisotopic (exact) mass is 402 g/mol. The van der Waals surface area contributed by atoms with E-state index >= 15 is 0 Å². The third-order valence-electron chi connectivity index (χ3n) is 5.27. The van der Waals surface area contributed by atoms with E-state index in [0.29, 0.717) is 11.3 Å². The number of hydrogen-bond acceptors (Lipinski definition) is 5. The van der Waals surface area contributed by atoms with Gasteiger partial charge in [-0.1, -0.05) is 0 Å². The fourth-order valence-electron chi connectivity index (χ4n) is 3.83. The molecule has 8 heteroatoms. The van der Waals surface area contributed by atoms with Crippen LogP contribution >= 0.6 is 0 Å². The van der Waals surface area contributed by atoms with Gasteiger partial charge >= 0.3 is 12.0 Å². The molecule has 0 aliphatic carbocycles. The van der Waals surface area contributed by atoms with E-state index in [-0.39, 0.29) is 19.1 Å². The Morgan fingerprint density at radius 1 is 1.00 bits per heavy atom. The average molecular weight is 402 g/mol. The first-order chi connectivity index (χ1) is 14.1. The first kappa shape index (κ1) is 21.0. The van der Waals surface area contributed by atoms with Crippen LogP contribution < -0.4 is 15.5 Å². The van der Waals surface area contributed by atoms with Gasteiger partial charge in [-0.15, -0.1) is 0 Å². The lowest BCUT2D eigenvalue weighted by Crippen LogP contribution is -2.37. The minimum absolute atomic E-state index is 0.0159. The van der Waals surface area contributed by atoms with Gasteiger partial charge in [0.05, 0.1) is 12.2 Å². The molecule has 1 aromatic carbocycles. The third kappa shape index (κ3) is 5.62. The zero-order valence-corrected chi connectivity index (χ0v) is 17.0. The van der Waals surface area contributed by atoms with Crippen LogP contribution in [-0.2, 0) is 9.53 Å². The van der Waals surface area contributed by atoms with E-state index in [1.54, 1.807) is 19.1 Å². The first-order valence-electron chi connectivity index (χ1n) is 10.5. The van der Waals surface area contributed by atoms with E-state index in [9.17, 15) is 14.4 Å². The zero-order valence-electron chi connectivity index (χ0n) is 17.0. The topological polar surface area (TPSA) is 91.0 Å². The standard InChI is InChI=1S/C21H30N4O4/c1-2-29-19(26)15-22-21(28)23-16-8-9-18(24-10-6-7-11-24)17(14-16)20(27)25-12-4-3-5-13-25/h8-9,14H,2-7,10-13,15H2,1H3,(H2,22,23,28). The van der Waals surface area contributed by atoms with Gasteiger partial charge in [0.1, 0.15) is 6.54 Å². The second-order valence-corrected chi connectivity index (χ2v) is 7.39. The molecule has 2 aliphatic rings. The molecule has 0 atom stereocenters. The molecule has 0 radical (unpaired) electrons. The summed E-state index contributed by atoms with van der Waals surface area (Å²) in [6.07, 6.45) is 5.45. The highest BCUT2D eigenvalue weighted by atomic mass is 16.5. The summed E-state index contributed by atoms with van der Waals surface area (Å²) in [5, 5.41) is 5.18. The largest absolute Gasteiger partial charge is 0.465 e. The summed E-state index contributed by atoms with van der Waals surface area (Å²) in [5.74, 6) is -0.477. The van der Waals surface area contributed by atoms with Crippen LogP contribution in [0.2, 0.25) is 0 Å². The fourth-order valence-corrected chi connectivity index (χ4v) is 3.83. The number of likely N-dealkylation sites (tertiary alicyclic amines) is 1. The van der Waals surface area contributed by atoms with Crippen molar-refractivity contribution in [3.05, 3.63) is 23.8 Å². The molecule has 0 unspecified atom stereocenters. The molecule has 2 heterocycles. The fraction of sp³-hybridized carbons (Fsp3) is 0.571. The molecule has 0 aromatic heterocycles. The third-order valence-corrected chi connectivity index (χ3v) is 5.27. The number of urea groups is 1. The van der Waals surface area contributed by atoms with Crippen molar-refractivity contribution < 1.29 is 19.1 Å². The molecule has 2 N–H and O–H groups in total. The van der Waals surface area contributed by atoms with Gasteiger partial charge in [-0.2, -0.15) is 0 Å². The Bertz CT molecular complexity index is 740. The summed E-state index contributed by atoms with van der Waals surface area (Å²) in [7, 11) is 0. The molecule has 3 rings (SSSR count). The van der Waals surface area contributed by atoms with Crippen molar-refractivity contribution in [1.29, 1.82) is 0 Å². The molecule has 8 nitrogen and oxygen atoms in total. The summed E-state index contributed by atoms with van der Waals surface area (Å²) in [5.41, 5.74) is 2.07. The summed E-state index contributed by atoms with van der Waals surface area (Å²) in [4.78, 5) is 40.9. The Balaban J connectivity index is 1.74. The van der Waals surface area contributed by atoms with E-state index in [2.05, 4.69) is 15.5 Å². The predicted molar refractivity (Wildman–Crippen MR) is 111 cm³/mol. The maximum atomic E-state index is 13.2. The Hall–Kier alpha value is -2.77. The van der Waals surface area contributed by atoms with Crippen LogP contribution in [-0.4, -0.2) is 62.1 Å². The van der Waals surface area contributed by atoms with Crippen molar-refractivity contribution in [3.63, 3.8) is 0 Å². The van der Waals surface area contributed by atoms with Gasteiger partial charge < -0.3 is 25.2 Å². The molecule has 29 heavy (non-hydrogen) atoms. The van der Waals surface area contributed by atoms with Crippen LogP contribution in [0, 0.1) is 0 Å². The van der Waals surface area contributed by atoms with Crippen LogP contribution in [0.15, 0.2) is 18.2 Å². The average Bonchev–Trinajstić information content (AvgIpc) is 3.27. The SMILES string of the molecule is CCOC(=O)CNC(=O)Nc1ccc(N2CCCC2)c(C(=O)N2CCCCC2)c1. The Kier molecular flexibility index (Phi) is 7.32. The highest BCUT2D eigenvalue weighted by molar-refractivity contribution is 6.02. The van der Waals surface area contributed by atoms with Crippen LogP contribution in [0.5, 0.6) is 0 Å². The van der Waals surface area contributed by atoms with Gasteiger partial charge in [-0.05, 0) is 57.2 Å². The van der Waals surface area contributed by atoms with Gasteiger partial charge in [0.2, 0.25) is 0 Å².